The fourth-order valence-corrected chi connectivity index (χ4v) is 3.47. The molecular weight excluding hydrogens is 260 g/mol. The molecule has 0 spiro atoms. The minimum Gasteiger partial charge on any atom is -0.451 e. The second kappa shape index (κ2) is 4.59. The van der Waals surface area contributed by atoms with Crippen LogP contribution in [0.15, 0.2) is 33.4 Å². The molecule has 0 bridgehead atoms. The minimum absolute atomic E-state index is 0.0823. The van der Waals surface area contributed by atoms with Gasteiger partial charge in [-0.1, -0.05) is 0 Å². The van der Waals surface area contributed by atoms with E-state index >= 15 is 0 Å². The van der Waals surface area contributed by atoms with Crippen molar-refractivity contribution >= 4 is 21.4 Å². The van der Waals surface area contributed by atoms with E-state index in [9.17, 15) is 8.42 Å². The van der Waals surface area contributed by atoms with Gasteiger partial charge in [-0.3, -0.25) is 0 Å². The first kappa shape index (κ1) is 12.3. The molecule has 0 aliphatic rings. The van der Waals surface area contributed by atoms with Gasteiger partial charge in [-0.15, -0.1) is 11.3 Å². The topological polar surface area (TPSA) is 72.2 Å². The van der Waals surface area contributed by atoms with Crippen LogP contribution in [0, 0.1) is 0 Å². The summed E-state index contributed by atoms with van der Waals surface area (Å²) in [5.41, 5.74) is 0.494. The third kappa shape index (κ3) is 2.56. The van der Waals surface area contributed by atoms with Crippen molar-refractivity contribution in [2.24, 2.45) is 0 Å². The maximum absolute atomic E-state index is 12.0. The summed E-state index contributed by atoms with van der Waals surface area (Å²) in [5.74, 6) is 0. The van der Waals surface area contributed by atoms with Crippen molar-refractivity contribution in [2.45, 2.75) is 25.0 Å². The molecule has 92 valence electrons. The number of thiazole rings is 1. The van der Waals surface area contributed by atoms with Gasteiger partial charge in [-0.2, -0.15) is 0 Å². The van der Waals surface area contributed by atoms with Gasteiger partial charge in [-0.05, 0) is 19.9 Å². The Labute approximate surface area is 104 Å². The zero-order chi connectivity index (χ0) is 12.5. The van der Waals surface area contributed by atoms with Crippen molar-refractivity contribution in [1.82, 2.24) is 9.71 Å². The number of hydrogen-bond acceptors (Lipinski definition) is 5. The lowest BCUT2D eigenvalue weighted by Gasteiger charge is -2.07. The predicted molar refractivity (Wildman–Crippen MR) is 65.3 cm³/mol. The number of furan rings is 1. The lowest BCUT2D eigenvalue weighted by molar-refractivity contribution is 0.445. The molecule has 17 heavy (non-hydrogen) atoms. The van der Waals surface area contributed by atoms with E-state index in [0.29, 0.717) is 10.6 Å². The Morgan fingerprint density at radius 3 is 2.82 bits per heavy atom. The van der Waals surface area contributed by atoms with Crippen LogP contribution in [0.3, 0.4) is 0 Å². The van der Waals surface area contributed by atoms with Crippen LogP contribution in [0.5, 0.6) is 0 Å². The molecular formula is C10H12N2O3S2. The van der Waals surface area contributed by atoms with Gasteiger partial charge in [0, 0.05) is 17.6 Å². The second-order valence-corrected chi connectivity index (χ2v) is 6.24. The van der Waals surface area contributed by atoms with Crippen LogP contribution in [0.2, 0.25) is 0 Å². The molecule has 1 N–H and O–H groups in total. The molecule has 0 radical (unpaired) electrons. The summed E-state index contributed by atoms with van der Waals surface area (Å²) in [6.07, 6.45) is 2.98. The highest BCUT2D eigenvalue weighted by atomic mass is 32.2. The maximum atomic E-state index is 12.0. The van der Waals surface area contributed by atoms with E-state index in [1.54, 1.807) is 31.5 Å². The van der Waals surface area contributed by atoms with Gasteiger partial charge in [0.15, 0.2) is 0 Å². The van der Waals surface area contributed by atoms with Crippen molar-refractivity contribution < 1.29 is 12.8 Å². The third-order valence-corrected chi connectivity index (χ3v) is 4.32. The molecule has 0 amide bonds. The molecule has 0 aliphatic carbocycles. The molecule has 0 fully saturated rings. The first-order valence-electron chi connectivity index (χ1n) is 5.00. The Bertz CT molecular complexity index is 585. The van der Waals surface area contributed by atoms with Crippen molar-refractivity contribution in [3.63, 3.8) is 0 Å². The summed E-state index contributed by atoms with van der Waals surface area (Å²) in [6.45, 7) is 3.51. The zero-order valence-corrected chi connectivity index (χ0v) is 11.0. The molecule has 0 aliphatic heterocycles. The quantitative estimate of drug-likeness (QED) is 0.925. The Hall–Kier alpha value is -1.18. The molecule has 0 unspecified atom stereocenters. The molecule has 0 saturated carbocycles. The van der Waals surface area contributed by atoms with Gasteiger partial charge in [-0.25, -0.2) is 18.1 Å². The predicted octanol–water partition coefficient (Wildman–Crippen LogP) is 2.09. The SMILES string of the molecule is CC(C)NS(=O)(=O)c1occc1-c1nccs1. The van der Waals surface area contributed by atoms with Crippen LogP contribution in [-0.4, -0.2) is 19.4 Å². The van der Waals surface area contributed by atoms with Crippen molar-refractivity contribution in [1.29, 1.82) is 0 Å². The Morgan fingerprint density at radius 1 is 1.47 bits per heavy atom. The standard InChI is InChI=1S/C10H12N2O3S2/c1-7(2)12-17(13,14)10-8(3-5-15-10)9-11-4-6-16-9/h3-7,12H,1-2H3. The van der Waals surface area contributed by atoms with Gasteiger partial charge in [0.1, 0.15) is 5.01 Å². The lowest BCUT2D eigenvalue weighted by Crippen LogP contribution is -2.30. The van der Waals surface area contributed by atoms with Gasteiger partial charge < -0.3 is 4.42 Å². The Morgan fingerprint density at radius 2 is 2.24 bits per heavy atom. The highest BCUT2D eigenvalue weighted by Crippen LogP contribution is 2.29. The molecule has 5 nitrogen and oxygen atoms in total. The van der Waals surface area contributed by atoms with Gasteiger partial charge in [0.25, 0.3) is 10.0 Å². The van der Waals surface area contributed by atoms with E-state index in [2.05, 4.69) is 9.71 Å². The molecule has 0 aromatic carbocycles. The van der Waals surface area contributed by atoms with E-state index in [1.807, 2.05) is 0 Å². The van der Waals surface area contributed by atoms with Crippen LogP contribution < -0.4 is 4.72 Å². The van der Waals surface area contributed by atoms with Gasteiger partial charge >= 0.3 is 0 Å². The lowest BCUT2D eigenvalue weighted by atomic mass is 10.4. The normalized spacial score (nSPS) is 12.2. The Kier molecular flexibility index (Phi) is 3.32. The average Bonchev–Trinajstić information content (AvgIpc) is 2.86. The number of rotatable bonds is 4. The fourth-order valence-electron chi connectivity index (χ4n) is 1.38. The van der Waals surface area contributed by atoms with Crippen molar-refractivity contribution in [2.75, 3.05) is 0 Å². The molecule has 2 rings (SSSR count). The smallest absolute Gasteiger partial charge is 0.274 e. The first-order chi connectivity index (χ1) is 8.00. The van der Waals surface area contributed by atoms with Gasteiger partial charge in [0.2, 0.25) is 5.09 Å². The highest BCUT2D eigenvalue weighted by Gasteiger charge is 2.25. The summed E-state index contributed by atoms with van der Waals surface area (Å²) in [5, 5.41) is 2.33. The summed E-state index contributed by atoms with van der Waals surface area (Å²) in [6, 6.07) is 1.42. The summed E-state index contributed by atoms with van der Waals surface area (Å²) in [7, 11) is -3.62. The summed E-state index contributed by atoms with van der Waals surface area (Å²) < 4.78 is 31.5. The molecule has 2 aromatic rings. The summed E-state index contributed by atoms with van der Waals surface area (Å²) in [4.78, 5) is 4.08. The molecule has 0 saturated heterocycles. The van der Waals surface area contributed by atoms with E-state index < -0.39 is 10.0 Å². The van der Waals surface area contributed by atoms with E-state index in [1.165, 1.54) is 17.6 Å². The van der Waals surface area contributed by atoms with Crippen LogP contribution in [0.25, 0.3) is 10.6 Å². The zero-order valence-electron chi connectivity index (χ0n) is 9.38. The molecule has 2 aromatic heterocycles. The Balaban J connectivity index is 2.45. The van der Waals surface area contributed by atoms with Crippen LogP contribution in [-0.2, 0) is 10.0 Å². The van der Waals surface area contributed by atoms with E-state index in [0.717, 1.165) is 0 Å². The fraction of sp³-hybridized carbons (Fsp3) is 0.300. The largest absolute Gasteiger partial charge is 0.451 e. The van der Waals surface area contributed by atoms with Crippen LogP contribution in [0.4, 0.5) is 0 Å². The van der Waals surface area contributed by atoms with Crippen molar-refractivity contribution in [3.8, 4) is 10.6 Å². The monoisotopic (exact) mass is 272 g/mol. The van der Waals surface area contributed by atoms with Crippen LogP contribution in [0.1, 0.15) is 13.8 Å². The maximum Gasteiger partial charge on any atom is 0.274 e. The number of sulfonamides is 1. The number of aromatic nitrogens is 1. The molecule has 7 heteroatoms. The molecule has 0 atom stereocenters. The number of nitrogens with one attached hydrogen (secondary N) is 1. The molecule has 2 heterocycles. The average molecular weight is 272 g/mol. The number of nitrogens with zero attached hydrogens (tertiary/aromatic N) is 1. The van der Waals surface area contributed by atoms with E-state index in [4.69, 9.17) is 4.42 Å². The van der Waals surface area contributed by atoms with Crippen LogP contribution >= 0.6 is 11.3 Å². The van der Waals surface area contributed by atoms with Gasteiger partial charge in [0.05, 0.1) is 11.8 Å². The van der Waals surface area contributed by atoms with E-state index in [-0.39, 0.29) is 11.1 Å². The second-order valence-electron chi connectivity index (χ2n) is 3.73. The third-order valence-electron chi connectivity index (χ3n) is 1.93. The number of hydrogen-bond donors (Lipinski definition) is 1. The van der Waals surface area contributed by atoms with Crippen molar-refractivity contribution in [3.05, 3.63) is 23.9 Å². The first-order valence-corrected chi connectivity index (χ1v) is 7.36. The summed E-state index contributed by atoms with van der Waals surface area (Å²) >= 11 is 1.37. The minimum atomic E-state index is -3.62. The highest BCUT2D eigenvalue weighted by molar-refractivity contribution is 7.89.